The number of nitrogens with one attached hydrogen (secondary N) is 3. The van der Waals surface area contributed by atoms with Crippen molar-refractivity contribution >= 4 is 17.5 Å². The number of aryl methyl sites for hydroxylation is 1. The molecule has 1 unspecified atom stereocenters. The van der Waals surface area contributed by atoms with Gasteiger partial charge >= 0.3 is 0 Å². The Labute approximate surface area is 230 Å². The van der Waals surface area contributed by atoms with Gasteiger partial charge in [-0.25, -0.2) is 0 Å². The van der Waals surface area contributed by atoms with E-state index >= 15 is 0 Å². The van der Waals surface area contributed by atoms with Gasteiger partial charge in [-0.1, -0.05) is 12.5 Å². The zero-order valence-corrected chi connectivity index (χ0v) is 23.9. The number of hydrogen-bond donors (Lipinski definition) is 3. The number of fused-ring (bicyclic) bond motifs is 3. The molecule has 2 amide bonds. The van der Waals surface area contributed by atoms with E-state index in [-0.39, 0.29) is 29.3 Å². The maximum Gasteiger partial charge on any atom is 0.220 e. The fourth-order valence-electron chi connectivity index (χ4n) is 5.06. The van der Waals surface area contributed by atoms with Gasteiger partial charge in [0.15, 0.2) is 11.5 Å². The van der Waals surface area contributed by atoms with Crippen molar-refractivity contribution in [1.82, 2.24) is 10.6 Å². The Bertz CT molecular complexity index is 1240. The molecule has 3 N–H and O–H groups in total. The zero-order valence-electron chi connectivity index (χ0n) is 23.9. The summed E-state index contributed by atoms with van der Waals surface area (Å²) in [5.74, 6) is 1.44. The number of unbranched alkanes of at least 4 members (excludes halogenated alkanes) is 2. The van der Waals surface area contributed by atoms with Crippen molar-refractivity contribution < 1.29 is 23.8 Å². The predicted octanol–water partition coefficient (Wildman–Crippen LogP) is 4.36. The van der Waals surface area contributed by atoms with E-state index in [0.29, 0.717) is 48.7 Å². The Morgan fingerprint density at radius 1 is 1.00 bits per heavy atom. The van der Waals surface area contributed by atoms with Gasteiger partial charge in [-0.3, -0.25) is 14.4 Å². The smallest absolute Gasteiger partial charge is 0.220 e. The van der Waals surface area contributed by atoms with Gasteiger partial charge < -0.3 is 30.2 Å². The van der Waals surface area contributed by atoms with E-state index in [1.165, 1.54) is 6.92 Å². The molecule has 3 rings (SSSR count). The van der Waals surface area contributed by atoms with Crippen LogP contribution in [0.2, 0.25) is 0 Å². The van der Waals surface area contributed by atoms with Crippen LogP contribution in [-0.4, -0.2) is 45.7 Å². The molecule has 0 bridgehead atoms. The van der Waals surface area contributed by atoms with E-state index in [0.717, 1.165) is 41.5 Å². The summed E-state index contributed by atoms with van der Waals surface area (Å²) in [7, 11) is 4.72. The second kappa shape index (κ2) is 13.9. The van der Waals surface area contributed by atoms with Crippen molar-refractivity contribution in [3.05, 3.63) is 45.6 Å². The Balaban J connectivity index is 1.93. The van der Waals surface area contributed by atoms with Gasteiger partial charge in [0, 0.05) is 31.5 Å². The summed E-state index contributed by atoms with van der Waals surface area (Å²) in [5.41, 5.74) is 3.63. The molecule has 0 aromatic heterocycles. The molecular formula is C30H41N3O6. The Kier molecular flexibility index (Phi) is 10.6. The molecule has 0 saturated heterocycles. The van der Waals surface area contributed by atoms with E-state index in [2.05, 4.69) is 16.0 Å². The van der Waals surface area contributed by atoms with Crippen molar-refractivity contribution in [3.8, 4) is 28.4 Å². The highest BCUT2D eigenvalue weighted by Crippen LogP contribution is 2.50. The molecule has 1 aliphatic rings. The maximum atomic E-state index is 13.3. The molecule has 1 aliphatic carbocycles. The van der Waals surface area contributed by atoms with E-state index < -0.39 is 0 Å². The van der Waals surface area contributed by atoms with Crippen LogP contribution in [-0.2, 0) is 16.0 Å². The largest absolute Gasteiger partial charge is 0.493 e. The lowest BCUT2D eigenvalue weighted by Gasteiger charge is -2.19. The van der Waals surface area contributed by atoms with E-state index in [4.69, 9.17) is 14.2 Å². The first-order valence-electron chi connectivity index (χ1n) is 13.5. The first-order chi connectivity index (χ1) is 18.7. The van der Waals surface area contributed by atoms with Crippen molar-refractivity contribution in [2.75, 3.05) is 33.2 Å². The van der Waals surface area contributed by atoms with Gasteiger partial charge in [0.2, 0.25) is 23.0 Å². The number of hydrogen-bond acceptors (Lipinski definition) is 7. The summed E-state index contributed by atoms with van der Waals surface area (Å²) in [6, 6.07) is 7.03. The molecule has 0 spiro atoms. The summed E-state index contributed by atoms with van der Waals surface area (Å²) >= 11 is 0. The first kappa shape index (κ1) is 29.8. The van der Waals surface area contributed by atoms with Crippen LogP contribution in [0.5, 0.6) is 17.2 Å². The predicted molar refractivity (Wildman–Crippen MR) is 153 cm³/mol. The highest BCUT2D eigenvalue weighted by atomic mass is 16.5. The molecule has 1 atom stereocenters. The van der Waals surface area contributed by atoms with E-state index in [1.807, 2.05) is 26.0 Å². The third-order valence-corrected chi connectivity index (χ3v) is 6.76. The topological polar surface area (TPSA) is 115 Å². The lowest BCUT2D eigenvalue weighted by Crippen LogP contribution is -2.29. The van der Waals surface area contributed by atoms with Crippen LogP contribution in [0.3, 0.4) is 0 Å². The van der Waals surface area contributed by atoms with Gasteiger partial charge in [0.05, 0.1) is 33.1 Å². The van der Waals surface area contributed by atoms with Crippen LogP contribution in [0, 0.1) is 0 Å². The molecule has 0 radical (unpaired) electrons. The molecule has 2 aromatic rings. The van der Waals surface area contributed by atoms with Gasteiger partial charge in [-0.05, 0) is 74.4 Å². The lowest BCUT2D eigenvalue weighted by molar-refractivity contribution is -0.122. The molecule has 2 aromatic carbocycles. The first-order valence-corrected chi connectivity index (χ1v) is 13.5. The number of carbonyl (C=O) groups excluding carboxylic acids is 2. The normalized spacial score (nSPS) is 14.0. The monoisotopic (exact) mass is 539 g/mol. The van der Waals surface area contributed by atoms with Crippen LogP contribution in [0.4, 0.5) is 5.69 Å². The minimum atomic E-state index is -0.350. The number of methoxy groups -OCH3 is 3. The molecule has 39 heavy (non-hydrogen) atoms. The fourth-order valence-corrected chi connectivity index (χ4v) is 5.06. The summed E-state index contributed by atoms with van der Waals surface area (Å²) < 4.78 is 17.0. The highest BCUT2D eigenvalue weighted by Gasteiger charge is 2.29. The number of rotatable bonds is 12. The third-order valence-electron chi connectivity index (χ3n) is 6.76. The third kappa shape index (κ3) is 7.43. The van der Waals surface area contributed by atoms with Crippen LogP contribution in [0.25, 0.3) is 11.1 Å². The summed E-state index contributed by atoms with van der Waals surface area (Å²) in [4.78, 5) is 37.2. The molecule has 0 heterocycles. The van der Waals surface area contributed by atoms with Crippen LogP contribution in [0.15, 0.2) is 29.1 Å². The van der Waals surface area contributed by atoms with Crippen molar-refractivity contribution in [1.29, 1.82) is 0 Å². The molecule has 9 nitrogen and oxygen atoms in total. The quantitative estimate of drug-likeness (QED) is 0.343. The standard InChI is InChI=1S/C30H41N3O6/c1-18(2)32-27(36)10-8-7-9-15-31-24-14-12-21-22(17-25(24)35)23(33-19(3)34)13-11-20-16-26(37-4)29(38-5)30(39-6)28(20)21/h12,14,16-18,23H,7-11,13,15H2,1-6H3,(H,31,35)(H,32,36)(H,33,34). The molecule has 212 valence electrons. The summed E-state index contributed by atoms with van der Waals surface area (Å²) in [6.45, 7) is 5.98. The molecule has 9 heteroatoms. The van der Waals surface area contributed by atoms with E-state index in [1.54, 1.807) is 33.5 Å². The molecule has 0 saturated carbocycles. The van der Waals surface area contributed by atoms with Crippen molar-refractivity contribution in [2.24, 2.45) is 0 Å². The summed E-state index contributed by atoms with van der Waals surface area (Å²) in [6.07, 6.45) is 4.24. The minimum Gasteiger partial charge on any atom is -0.493 e. The number of benzene rings is 1. The average Bonchev–Trinajstić information content (AvgIpc) is 3.13. The molecule has 0 fully saturated rings. The van der Waals surface area contributed by atoms with Gasteiger partial charge in [-0.2, -0.15) is 0 Å². The fraction of sp³-hybridized carbons (Fsp3) is 0.500. The number of anilines is 1. The number of ether oxygens (including phenoxy) is 3. The highest BCUT2D eigenvalue weighted by molar-refractivity contribution is 5.83. The second-order valence-corrected chi connectivity index (χ2v) is 10.1. The minimum absolute atomic E-state index is 0.0649. The van der Waals surface area contributed by atoms with Gasteiger partial charge in [-0.15, -0.1) is 0 Å². The Hall–Kier alpha value is -3.75. The SMILES string of the molecule is COc1cc2c(c(OC)c1OC)-c1ccc(NCCCCCC(=O)NC(C)C)c(=O)cc1C(NC(C)=O)CC2. The van der Waals surface area contributed by atoms with Gasteiger partial charge in [0.25, 0.3) is 0 Å². The van der Waals surface area contributed by atoms with Crippen molar-refractivity contribution in [3.63, 3.8) is 0 Å². The van der Waals surface area contributed by atoms with Gasteiger partial charge in [0.1, 0.15) is 0 Å². The Morgan fingerprint density at radius 3 is 2.38 bits per heavy atom. The molecule has 0 aliphatic heterocycles. The second-order valence-electron chi connectivity index (χ2n) is 10.1. The lowest BCUT2D eigenvalue weighted by atomic mass is 9.95. The molecular weight excluding hydrogens is 498 g/mol. The van der Waals surface area contributed by atoms with Crippen LogP contribution >= 0.6 is 0 Å². The maximum absolute atomic E-state index is 13.3. The number of amides is 2. The van der Waals surface area contributed by atoms with Crippen LogP contribution in [0.1, 0.15) is 70.0 Å². The van der Waals surface area contributed by atoms with E-state index in [9.17, 15) is 14.4 Å². The number of carbonyl (C=O) groups is 2. The zero-order chi connectivity index (χ0) is 28.5. The Morgan fingerprint density at radius 2 is 1.74 bits per heavy atom. The average molecular weight is 540 g/mol. The van der Waals surface area contributed by atoms with Crippen LogP contribution < -0.4 is 35.6 Å². The summed E-state index contributed by atoms with van der Waals surface area (Å²) in [5, 5.41) is 9.19. The van der Waals surface area contributed by atoms with Crippen molar-refractivity contribution in [2.45, 2.75) is 71.4 Å².